The molecule has 0 aliphatic heterocycles. The van der Waals surface area contributed by atoms with E-state index in [1.807, 2.05) is 44.2 Å². The minimum Gasteiger partial charge on any atom is -0.361 e. The van der Waals surface area contributed by atoms with Gasteiger partial charge in [-0.25, -0.2) is 4.39 Å². The molecule has 0 radical (unpaired) electrons. The van der Waals surface area contributed by atoms with Gasteiger partial charge in [-0.2, -0.15) is 0 Å². The second-order valence-electron chi connectivity index (χ2n) is 6.78. The topological polar surface area (TPSA) is 73.0 Å². The molecule has 3 heterocycles. The standard InChI is InChI=1S/C22H19FN4O2/c1-14-21(15(2)29-26-14)17-8-20(25-19-9-18(23)10-24-11-19)22(28)27(13-17)12-16-6-4-3-5-7-16/h3-11,13,25H,12H2,1-2H3. The third-order valence-electron chi connectivity index (χ3n) is 4.59. The third kappa shape index (κ3) is 3.94. The van der Waals surface area contributed by atoms with Crippen LogP contribution in [0.3, 0.4) is 0 Å². The van der Waals surface area contributed by atoms with Gasteiger partial charge in [-0.15, -0.1) is 0 Å². The first-order chi connectivity index (χ1) is 14.0. The van der Waals surface area contributed by atoms with Crippen LogP contribution in [0, 0.1) is 19.7 Å². The quantitative estimate of drug-likeness (QED) is 0.545. The summed E-state index contributed by atoms with van der Waals surface area (Å²) in [6, 6.07) is 12.7. The van der Waals surface area contributed by atoms with Crippen LogP contribution in [0.15, 0.2) is 70.4 Å². The van der Waals surface area contributed by atoms with Gasteiger partial charge in [-0.1, -0.05) is 35.5 Å². The highest BCUT2D eigenvalue weighted by Gasteiger charge is 2.16. The van der Waals surface area contributed by atoms with Crippen LogP contribution in [0.5, 0.6) is 0 Å². The average molecular weight is 390 g/mol. The summed E-state index contributed by atoms with van der Waals surface area (Å²) in [5.41, 5.74) is 3.80. The van der Waals surface area contributed by atoms with E-state index in [-0.39, 0.29) is 5.56 Å². The van der Waals surface area contributed by atoms with Crippen molar-refractivity contribution in [3.63, 3.8) is 0 Å². The van der Waals surface area contributed by atoms with Crippen LogP contribution in [-0.2, 0) is 6.54 Å². The van der Waals surface area contributed by atoms with Crippen LogP contribution in [0.1, 0.15) is 17.0 Å². The van der Waals surface area contributed by atoms with Crippen molar-refractivity contribution in [1.82, 2.24) is 14.7 Å². The lowest BCUT2D eigenvalue weighted by atomic mass is 10.1. The molecule has 0 unspecified atom stereocenters. The van der Waals surface area contributed by atoms with Crippen molar-refractivity contribution in [2.75, 3.05) is 5.32 Å². The van der Waals surface area contributed by atoms with Gasteiger partial charge in [0.2, 0.25) is 0 Å². The number of halogens is 1. The maximum atomic E-state index is 13.5. The SMILES string of the molecule is Cc1noc(C)c1-c1cc(Nc2cncc(F)c2)c(=O)n(Cc2ccccc2)c1. The monoisotopic (exact) mass is 390 g/mol. The molecule has 0 fully saturated rings. The van der Waals surface area contributed by atoms with Crippen LogP contribution in [0.2, 0.25) is 0 Å². The Hall–Kier alpha value is -3.74. The molecule has 6 nitrogen and oxygen atoms in total. The van der Waals surface area contributed by atoms with Gasteiger partial charge in [0, 0.05) is 23.4 Å². The Kier molecular flexibility index (Phi) is 4.95. The molecular formula is C22H19FN4O2. The molecule has 0 aliphatic rings. The third-order valence-corrected chi connectivity index (χ3v) is 4.59. The van der Waals surface area contributed by atoms with Crippen LogP contribution in [-0.4, -0.2) is 14.7 Å². The predicted octanol–water partition coefficient (Wildman–Crippen LogP) is 4.45. The molecule has 29 heavy (non-hydrogen) atoms. The molecule has 4 rings (SSSR count). The van der Waals surface area contributed by atoms with Gasteiger partial charge in [0.1, 0.15) is 17.3 Å². The van der Waals surface area contributed by atoms with Crippen LogP contribution in [0.4, 0.5) is 15.8 Å². The Labute approximate surface area is 166 Å². The fourth-order valence-electron chi connectivity index (χ4n) is 3.29. The van der Waals surface area contributed by atoms with E-state index in [4.69, 9.17) is 4.52 Å². The molecule has 146 valence electrons. The van der Waals surface area contributed by atoms with E-state index in [1.165, 1.54) is 12.3 Å². The Morgan fingerprint density at radius 2 is 1.93 bits per heavy atom. The van der Waals surface area contributed by atoms with Gasteiger partial charge in [0.05, 0.1) is 30.3 Å². The number of nitrogens with zero attached hydrogens (tertiary/aromatic N) is 3. The maximum absolute atomic E-state index is 13.5. The molecule has 3 aromatic heterocycles. The summed E-state index contributed by atoms with van der Waals surface area (Å²) in [7, 11) is 0. The molecule has 0 aliphatic carbocycles. The largest absolute Gasteiger partial charge is 0.361 e. The van der Waals surface area contributed by atoms with Crippen molar-refractivity contribution in [3.8, 4) is 11.1 Å². The normalized spacial score (nSPS) is 10.9. The van der Waals surface area contributed by atoms with Gasteiger partial charge in [0.15, 0.2) is 0 Å². The zero-order valence-electron chi connectivity index (χ0n) is 16.0. The van der Waals surface area contributed by atoms with Crippen molar-refractivity contribution >= 4 is 11.4 Å². The molecule has 0 amide bonds. The summed E-state index contributed by atoms with van der Waals surface area (Å²) in [5.74, 6) is 0.173. The van der Waals surface area contributed by atoms with Crippen molar-refractivity contribution in [2.24, 2.45) is 0 Å². The fourth-order valence-corrected chi connectivity index (χ4v) is 3.29. The van der Waals surface area contributed by atoms with Gasteiger partial charge < -0.3 is 14.4 Å². The number of anilines is 2. The first kappa shape index (κ1) is 18.6. The van der Waals surface area contributed by atoms with E-state index < -0.39 is 5.82 Å². The minimum absolute atomic E-state index is 0.228. The highest BCUT2D eigenvalue weighted by molar-refractivity contribution is 5.72. The Bertz CT molecular complexity index is 1200. The summed E-state index contributed by atoms with van der Waals surface area (Å²) in [4.78, 5) is 16.9. The zero-order chi connectivity index (χ0) is 20.4. The van der Waals surface area contributed by atoms with Crippen molar-refractivity contribution < 1.29 is 8.91 Å². The van der Waals surface area contributed by atoms with Gasteiger partial charge >= 0.3 is 0 Å². The Morgan fingerprint density at radius 1 is 1.14 bits per heavy atom. The van der Waals surface area contributed by atoms with E-state index >= 15 is 0 Å². The molecule has 4 aromatic rings. The summed E-state index contributed by atoms with van der Waals surface area (Å²) < 4.78 is 20.5. The molecule has 0 saturated carbocycles. The van der Waals surface area contributed by atoms with Crippen LogP contribution >= 0.6 is 0 Å². The number of aromatic nitrogens is 3. The first-order valence-corrected chi connectivity index (χ1v) is 9.10. The molecule has 7 heteroatoms. The number of hydrogen-bond acceptors (Lipinski definition) is 5. The highest BCUT2D eigenvalue weighted by atomic mass is 19.1. The minimum atomic E-state index is -0.485. The van der Waals surface area contributed by atoms with E-state index in [0.29, 0.717) is 23.7 Å². The number of rotatable bonds is 5. The van der Waals surface area contributed by atoms with E-state index in [0.717, 1.165) is 28.6 Å². The van der Waals surface area contributed by atoms with Crippen molar-refractivity contribution in [3.05, 3.63) is 94.2 Å². The summed E-state index contributed by atoms with van der Waals surface area (Å²) in [6.07, 6.45) is 4.36. The Morgan fingerprint density at radius 3 is 2.62 bits per heavy atom. The number of benzene rings is 1. The van der Waals surface area contributed by atoms with Crippen LogP contribution < -0.4 is 10.9 Å². The lowest BCUT2D eigenvalue weighted by Crippen LogP contribution is -2.23. The fraction of sp³-hybridized carbons (Fsp3) is 0.136. The summed E-state index contributed by atoms with van der Waals surface area (Å²) in [6.45, 7) is 4.07. The molecule has 0 spiro atoms. The zero-order valence-corrected chi connectivity index (χ0v) is 16.0. The molecule has 1 aromatic carbocycles. The first-order valence-electron chi connectivity index (χ1n) is 9.10. The van der Waals surface area contributed by atoms with Crippen LogP contribution in [0.25, 0.3) is 11.1 Å². The molecule has 1 N–H and O–H groups in total. The molecule has 0 saturated heterocycles. The summed E-state index contributed by atoms with van der Waals surface area (Å²) >= 11 is 0. The Balaban J connectivity index is 1.84. The number of nitrogens with one attached hydrogen (secondary N) is 1. The van der Waals surface area contributed by atoms with E-state index in [1.54, 1.807) is 16.8 Å². The van der Waals surface area contributed by atoms with Crippen molar-refractivity contribution in [2.45, 2.75) is 20.4 Å². The second kappa shape index (κ2) is 7.71. The smallest absolute Gasteiger partial charge is 0.274 e. The lowest BCUT2D eigenvalue weighted by molar-refractivity contribution is 0.393. The summed E-state index contributed by atoms with van der Waals surface area (Å²) in [5, 5.41) is 7.01. The highest BCUT2D eigenvalue weighted by Crippen LogP contribution is 2.28. The van der Waals surface area contributed by atoms with Gasteiger partial charge in [-0.05, 0) is 25.5 Å². The second-order valence-corrected chi connectivity index (χ2v) is 6.78. The maximum Gasteiger partial charge on any atom is 0.274 e. The average Bonchev–Trinajstić information content (AvgIpc) is 3.04. The molecule has 0 bridgehead atoms. The molecular weight excluding hydrogens is 371 g/mol. The predicted molar refractivity (Wildman–Crippen MR) is 109 cm³/mol. The van der Waals surface area contributed by atoms with E-state index in [2.05, 4.69) is 15.5 Å². The lowest BCUT2D eigenvalue weighted by Gasteiger charge is -2.13. The number of aryl methyl sites for hydroxylation is 2. The van der Waals surface area contributed by atoms with Gasteiger partial charge in [0.25, 0.3) is 5.56 Å². The molecule has 0 atom stereocenters. The van der Waals surface area contributed by atoms with Gasteiger partial charge in [-0.3, -0.25) is 9.78 Å². The number of pyridine rings is 2. The number of hydrogen-bond donors (Lipinski definition) is 1. The van der Waals surface area contributed by atoms with Crippen molar-refractivity contribution in [1.29, 1.82) is 0 Å². The van der Waals surface area contributed by atoms with E-state index in [9.17, 15) is 9.18 Å².